The monoisotopic (exact) mass is 212 g/mol. The van der Waals surface area contributed by atoms with Gasteiger partial charge in [-0.25, -0.2) is 0 Å². The van der Waals surface area contributed by atoms with E-state index in [0.717, 1.165) is 32.4 Å². The van der Waals surface area contributed by atoms with Crippen molar-refractivity contribution < 1.29 is 9.59 Å². The largest absolute Gasteiger partial charge is 0.368 e. The van der Waals surface area contributed by atoms with Crippen molar-refractivity contribution in [2.24, 2.45) is 5.73 Å². The molecule has 1 rings (SSSR count). The van der Waals surface area contributed by atoms with E-state index < -0.39 is 0 Å². The van der Waals surface area contributed by atoms with Gasteiger partial charge in [-0.2, -0.15) is 0 Å². The Labute approximate surface area is 90.8 Å². The number of carbonyl (C=O) groups excluding carboxylic acids is 2. The Kier molecular flexibility index (Phi) is 4.75. The van der Waals surface area contributed by atoms with Gasteiger partial charge in [0.2, 0.25) is 5.91 Å². The van der Waals surface area contributed by atoms with E-state index in [1.54, 1.807) is 0 Å². The lowest BCUT2D eigenvalue weighted by Gasteiger charge is -2.21. The number of nitrogens with zero attached hydrogens (tertiary/aromatic N) is 1. The minimum Gasteiger partial charge on any atom is -0.368 e. The Bertz CT molecular complexity index is 241. The third-order valence-electron chi connectivity index (χ3n) is 2.99. The van der Waals surface area contributed by atoms with Gasteiger partial charge in [-0.15, -0.1) is 0 Å². The van der Waals surface area contributed by atoms with Gasteiger partial charge in [-0.05, 0) is 32.4 Å². The summed E-state index contributed by atoms with van der Waals surface area (Å²) in [7, 11) is 0. The van der Waals surface area contributed by atoms with Gasteiger partial charge < -0.3 is 5.73 Å². The molecule has 0 aromatic carbocycles. The fourth-order valence-electron chi connectivity index (χ4n) is 2.07. The maximum Gasteiger partial charge on any atom is 0.234 e. The van der Waals surface area contributed by atoms with E-state index in [1.807, 2.05) is 6.92 Å². The predicted octanol–water partition coefficient (Wildman–Crippen LogP) is 0.695. The molecule has 4 heteroatoms. The summed E-state index contributed by atoms with van der Waals surface area (Å²) in [5.41, 5.74) is 5.30. The first-order valence-electron chi connectivity index (χ1n) is 5.70. The second-order valence-corrected chi connectivity index (χ2v) is 4.09. The highest BCUT2D eigenvalue weighted by atomic mass is 16.1. The molecule has 0 aliphatic carbocycles. The molecule has 2 N–H and O–H groups in total. The molecular formula is C11H20N2O2. The first-order chi connectivity index (χ1) is 7.15. The number of hydrogen-bond donors (Lipinski definition) is 1. The van der Waals surface area contributed by atoms with E-state index in [2.05, 4.69) is 4.90 Å². The van der Waals surface area contributed by atoms with Crippen LogP contribution in [0.25, 0.3) is 0 Å². The molecule has 1 aliphatic rings. The van der Waals surface area contributed by atoms with Crippen LogP contribution >= 0.6 is 0 Å². The standard InChI is InChI=1S/C11H20N2O2/c1-2-9(14)5-3-7-13-8-4-6-10(13)11(12)15/h10H,2-8H2,1H3,(H2,12,15). The van der Waals surface area contributed by atoms with Gasteiger partial charge in [-0.3, -0.25) is 14.5 Å². The molecule has 0 saturated carbocycles. The van der Waals surface area contributed by atoms with Gasteiger partial charge in [0.1, 0.15) is 5.78 Å². The summed E-state index contributed by atoms with van der Waals surface area (Å²) in [6.07, 6.45) is 3.99. The van der Waals surface area contributed by atoms with E-state index in [9.17, 15) is 9.59 Å². The molecule has 4 nitrogen and oxygen atoms in total. The van der Waals surface area contributed by atoms with E-state index in [4.69, 9.17) is 5.73 Å². The molecule has 1 heterocycles. The quantitative estimate of drug-likeness (QED) is 0.704. The van der Waals surface area contributed by atoms with Gasteiger partial charge >= 0.3 is 0 Å². The molecule has 0 spiro atoms. The number of rotatable bonds is 6. The Balaban J connectivity index is 2.26. The lowest BCUT2D eigenvalue weighted by atomic mass is 10.1. The summed E-state index contributed by atoms with van der Waals surface area (Å²) in [5, 5.41) is 0. The molecule has 1 fully saturated rings. The van der Waals surface area contributed by atoms with Crippen LogP contribution in [0, 0.1) is 0 Å². The van der Waals surface area contributed by atoms with Crippen LogP contribution in [0.3, 0.4) is 0 Å². The Morgan fingerprint density at radius 3 is 2.80 bits per heavy atom. The predicted molar refractivity (Wildman–Crippen MR) is 58.3 cm³/mol. The van der Waals surface area contributed by atoms with Gasteiger partial charge in [0.25, 0.3) is 0 Å². The van der Waals surface area contributed by atoms with Crippen LogP contribution in [-0.4, -0.2) is 35.7 Å². The maximum absolute atomic E-state index is 11.1. The third-order valence-corrected chi connectivity index (χ3v) is 2.99. The van der Waals surface area contributed by atoms with Crippen LogP contribution < -0.4 is 5.73 Å². The fraction of sp³-hybridized carbons (Fsp3) is 0.818. The number of carbonyl (C=O) groups is 2. The number of nitrogens with two attached hydrogens (primary N) is 1. The zero-order valence-corrected chi connectivity index (χ0v) is 9.37. The highest BCUT2D eigenvalue weighted by Gasteiger charge is 2.28. The van der Waals surface area contributed by atoms with Crippen molar-refractivity contribution in [1.29, 1.82) is 0 Å². The van der Waals surface area contributed by atoms with Gasteiger partial charge in [0, 0.05) is 12.8 Å². The summed E-state index contributed by atoms with van der Waals surface area (Å²) < 4.78 is 0. The van der Waals surface area contributed by atoms with Crippen LogP contribution in [0.5, 0.6) is 0 Å². The van der Waals surface area contributed by atoms with Crippen molar-refractivity contribution in [3.63, 3.8) is 0 Å². The van der Waals surface area contributed by atoms with Crippen LogP contribution in [0.1, 0.15) is 39.0 Å². The fourth-order valence-corrected chi connectivity index (χ4v) is 2.07. The molecule has 1 unspecified atom stereocenters. The number of amides is 1. The minimum absolute atomic E-state index is 0.0956. The van der Waals surface area contributed by atoms with Crippen molar-refractivity contribution in [3.05, 3.63) is 0 Å². The number of primary amides is 1. The molecule has 86 valence electrons. The molecular weight excluding hydrogens is 192 g/mol. The van der Waals surface area contributed by atoms with E-state index in [0.29, 0.717) is 18.6 Å². The van der Waals surface area contributed by atoms with Gasteiger partial charge in [0.05, 0.1) is 6.04 Å². The summed E-state index contributed by atoms with van der Waals surface area (Å²) in [4.78, 5) is 24.3. The Hall–Kier alpha value is -0.900. The third kappa shape index (κ3) is 3.63. The van der Waals surface area contributed by atoms with Gasteiger partial charge in [-0.1, -0.05) is 6.92 Å². The number of ketones is 1. The van der Waals surface area contributed by atoms with E-state index in [-0.39, 0.29) is 11.9 Å². The number of Topliss-reactive ketones (excluding diaryl/α,β-unsaturated/α-hetero) is 1. The second-order valence-electron chi connectivity index (χ2n) is 4.09. The van der Waals surface area contributed by atoms with Crippen LogP contribution in [-0.2, 0) is 9.59 Å². The molecule has 1 saturated heterocycles. The summed E-state index contributed by atoms with van der Waals surface area (Å²) in [6.45, 7) is 3.64. The van der Waals surface area contributed by atoms with Crippen LogP contribution in [0.15, 0.2) is 0 Å². The SMILES string of the molecule is CCC(=O)CCCN1CCCC1C(N)=O. The summed E-state index contributed by atoms with van der Waals surface area (Å²) in [5.74, 6) is 0.0686. The average Bonchev–Trinajstić information content (AvgIpc) is 2.65. The molecule has 1 atom stereocenters. The van der Waals surface area contributed by atoms with Crippen LogP contribution in [0.2, 0.25) is 0 Å². The number of likely N-dealkylation sites (tertiary alicyclic amines) is 1. The molecule has 0 radical (unpaired) electrons. The normalized spacial score (nSPS) is 21.8. The smallest absolute Gasteiger partial charge is 0.234 e. The van der Waals surface area contributed by atoms with Crippen molar-refractivity contribution in [1.82, 2.24) is 4.90 Å². The second kappa shape index (κ2) is 5.85. The Morgan fingerprint density at radius 2 is 2.20 bits per heavy atom. The van der Waals surface area contributed by atoms with E-state index in [1.165, 1.54) is 0 Å². The molecule has 0 aromatic rings. The first-order valence-corrected chi connectivity index (χ1v) is 5.70. The molecule has 0 bridgehead atoms. The minimum atomic E-state index is -0.227. The zero-order valence-electron chi connectivity index (χ0n) is 9.37. The van der Waals surface area contributed by atoms with E-state index >= 15 is 0 Å². The lowest BCUT2D eigenvalue weighted by Crippen LogP contribution is -2.40. The first kappa shape index (κ1) is 12.2. The average molecular weight is 212 g/mol. The maximum atomic E-state index is 11.1. The highest BCUT2D eigenvalue weighted by molar-refractivity contribution is 5.80. The summed E-state index contributed by atoms with van der Waals surface area (Å²) in [6, 6.07) is -0.0956. The highest BCUT2D eigenvalue weighted by Crippen LogP contribution is 2.17. The van der Waals surface area contributed by atoms with Crippen LogP contribution in [0.4, 0.5) is 0 Å². The van der Waals surface area contributed by atoms with Crippen molar-refractivity contribution in [2.75, 3.05) is 13.1 Å². The summed E-state index contributed by atoms with van der Waals surface area (Å²) >= 11 is 0. The van der Waals surface area contributed by atoms with Crippen molar-refractivity contribution in [2.45, 2.75) is 45.1 Å². The van der Waals surface area contributed by atoms with Crippen molar-refractivity contribution >= 4 is 11.7 Å². The molecule has 1 amide bonds. The Morgan fingerprint density at radius 1 is 1.47 bits per heavy atom. The van der Waals surface area contributed by atoms with Crippen molar-refractivity contribution in [3.8, 4) is 0 Å². The van der Waals surface area contributed by atoms with Gasteiger partial charge in [0.15, 0.2) is 0 Å². The molecule has 15 heavy (non-hydrogen) atoms. The topological polar surface area (TPSA) is 63.4 Å². The lowest BCUT2D eigenvalue weighted by molar-refractivity contribution is -0.122. The molecule has 0 aromatic heterocycles. The molecule has 1 aliphatic heterocycles. The zero-order chi connectivity index (χ0) is 11.3. The number of hydrogen-bond acceptors (Lipinski definition) is 3.